The van der Waals surface area contributed by atoms with Crippen LogP contribution in [0.25, 0.3) is 11.1 Å². The minimum absolute atomic E-state index is 0.0543. The van der Waals surface area contributed by atoms with E-state index in [2.05, 4.69) is 26.2 Å². The summed E-state index contributed by atoms with van der Waals surface area (Å²) >= 11 is 9.75. The van der Waals surface area contributed by atoms with Gasteiger partial charge in [0, 0.05) is 22.0 Å². The normalized spacial score (nSPS) is 12.7. The molecule has 0 bridgehead atoms. The summed E-state index contributed by atoms with van der Waals surface area (Å²) in [5, 5.41) is 3.99. The summed E-state index contributed by atoms with van der Waals surface area (Å²) in [7, 11) is 1.91. The summed E-state index contributed by atoms with van der Waals surface area (Å²) in [6.07, 6.45) is 0.645. The fourth-order valence-corrected chi connectivity index (χ4v) is 3.14. The molecule has 0 fully saturated rings. The van der Waals surface area contributed by atoms with Gasteiger partial charge in [0.1, 0.15) is 5.52 Å². The fraction of sp³-hybridized carbons (Fsp3) is 0.188. The zero-order valence-corrected chi connectivity index (χ0v) is 13.8. The molecule has 1 aromatic heterocycles. The van der Waals surface area contributed by atoms with Crippen LogP contribution in [0.15, 0.2) is 51.4 Å². The van der Waals surface area contributed by atoms with Gasteiger partial charge in [0.2, 0.25) is 0 Å². The van der Waals surface area contributed by atoms with Crippen molar-refractivity contribution >= 4 is 38.6 Å². The van der Waals surface area contributed by atoms with E-state index in [1.165, 1.54) is 0 Å². The van der Waals surface area contributed by atoms with Gasteiger partial charge in [-0.25, -0.2) is 4.98 Å². The molecule has 0 aliphatic rings. The van der Waals surface area contributed by atoms with Crippen LogP contribution >= 0.6 is 27.5 Å². The lowest BCUT2D eigenvalue weighted by molar-refractivity contribution is 0.474. The molecule has 108 valence electrons. The Kier molecular flexibility index (Phi) is 4.29. The number of aromatic nitrogens is 1. The molecule has 0 amide bonds. The molecule has 1 heterocycles. The molecular weight excluding hydrogens is 352 g/mol. The smallest absolute Gasteiger partial charge is 0.197 e. The summed E-state index contributed by atoms with van der Waals surface area (Å²) in [5.74, 6) is 0.703. The molecule has 0 aliphatic carbocycles. The van der Waals surface area contributed by atoms with E-state index >= 15 is 0 Å². The maximum Gasteiger partial charge on any atom is 0.197 e. The molecule has 0 spiro atoms. The minimum Gasteiger partial charge on any atom is -0.441 e. The Morgan fingerprint density at radius 2 is 2.10 bits per heavy atom. The van der Waals surface area contributed by atoms with E-state index in [0.29, 0.717) is 12.3 Å². The monoisotopic (exact) mass is 364 g/mol. The van der Waals surface area contributed by atoms with Gasteiger partial charge in [0.15, 0.2) is 11.5 Å². The molecule has 0 radical (unpaired) electrons. The Morgan fingerprint density at radius 3 is 2.81 bits per heavy atom. The van der Waals surface area contributed by atoms with Crippen LogP contribution in [-0.2, 0) is 6.42 Å². The van der Waals surface area contributed by atoms with E-state index in [0.717, 1.165) is 26.2 Å². The average molecular weight is 366 g/mol. The number of hydrogen-bond donors (Lipinski definition) is 1. The summed E-state index contributed by atoms with van der Waals surface area (Å²) in [5.41, 5.74) is 2.72. The second-order valence-corrected chi connectivity index (χ2v) is 6.11. The predicted octanol–water partition coefficient (Wildman–Crippen LogP) is 4.75. The molecule has 2 aromatic carbocycles. The van der Waals surface area contributed by atoms with Crippen LogP contribution in [0.1, 0.15) is 17.5 Å². The predicted molar refractivity (Wildman–Crippen MR) is 88.7 cm³/mol. The van der Waals surface area contributed by atoms with E-state index in [1.807, 2.05) is 49.5 Å². The van der Waals surface area contributed by atoms with Crippen molar-refractivity contribution in [1.29, 1.82) is 0 Å². The Labute approximate surface area is 136 Å². The third-order valence-electron chi connectivity index (χ3n) is 3.40. The number of hydrogen-bond acceptors (Lipinski definition) is 3. The van der Waals surface area contributed by atoms with Gasteiger partial charge in [0.05, 0.1) is 0 Å². The van der Waals surface area contributed by atoms with Gasteiger partial charge in [-0.3, -0.25) is 0 Å². The molecule has 1 unspecified atom stereocenters. The van der Waals surface area contributed by atoms with Gasteiger partial charge in [-0.15, -0.1) is 0 Å². The van der Waals surface area contributed by atoms with Gasteiger partial charge in [-0.2, -0.15) is 0 Å². The molecule has 1 N–H and O–H groups in total. The molecule has 3 nitrogen and oxygen atoms in total. The van der Waals surface area contributed by atoms with Crippen LogP contribution in [0.2, 0.25) is 5.02 Å². The molecule has 0 saturated carbocycles. The lowest BCUT2D eigenvalue weighted by atomic mass is 10.0. The molecule has 1 atom stereocenters. The van der Waals surface area contributed by atoms with Crippen LogP contribution in [-0.4, -0.2) is 12.0 Å². The second-order valence-electron chi connectivity index (χ2n) is 4.79. The summed E-state index contributed by atoms with van der Waals surface area (Å²) in [6.45, 7) is 0. The van der Waals surface area contributed by atoms with Crippen LogP contribution < -0.4 is 5.32 Å². The number of nitrogens with zero attached hydrogens (tertiary/aromatic N) is 1. The standard InChI is InChI=1S/C16H14BrClN2O/c1-19-14(11-7-6-10(17)8-12(11)18)9-16-20-13-4-2-3-5-15(13)21-16/h2-8,14,19H,9H2,1H3. The highest BCUT2D eigenvalue weighted by atomic mass is 79.9. The third kappa shape index (κ3) is 3.12. The first-order chi connectivity index (χ1) is 10.2. The van der Waals surface area contributed by atoms with E-state index in [-0.39, 0.29) is 6.04 Å². The van der Waals surface area contributed by atoms with Crippen molar-refractivity contribution in [3.63, 3.8) is 0 Å². The van der Waals surface area contributed by atoms with E-state index in [1.54, 1.807) is 0 Å². The number of oxazole rings is 1. The maximum atomic E-state index is 6.33. The van der Waals surface area contributed by atoms with Crippen molar-refractivity contribution in [2.45, 2.75) is 12.5 Å². The number of likely N-dealkylation sites (N-methyl/N-ethyl adjacent to an activating group) is 1. The molecular formula is C16H14BrClN2O. The van der Waals surface area contributed by atoms with Crippen molar-refractivity contribution in [2.24, 2.45) is 0 Å². The topological polar surface area (TPSA) is 38.1 Å². The molecule has 0 aliphatic heterocycles. The zero-order chi connectivity index (χ0) is 14.8. The first kappa shape index (κ1) is 14.6. The van der Waals surface area contributed by atoms with Crippen LogP contribution in [0, 0.1) is 0 Å². The van der Waals surface area contributed by atoms with Gasteiger partial charge in [-0.05, 0) is 36.9 Å². The highest BCUT2D eigenvalue weighted by Gasteiger charge is 2.17. The SMILES string of the molecule is CNC(Cc1nc2ccccc2o1)c1ccc(Br)cc1Cl. The summed E-state index contributed by atoms with van der Waals surface area (Å²) in [6, 6.07) is 13.7. The van der Waals surface area contributed by atoms with Crippen molar-refractivity contribution in [3.8, 4) is 0 Å². The summed E-state index contributed by atoms with van der Waals surface area (Å²) < 4.78 is 6.75. The van der Waals surface area contributed by atoms with Crippen LogP contribution in [0.3, 0.4) is 0 Å². The van der Waals surface area contributed by atoms with Gasteiger partial charge >= 0.3 is 0 Å². The minimum atomic E-state index is 0.0543. The zero-order valence-electron chi connectivity index (χ0n) is 11.4. The van der Waals surface area contributed by atoms with Gasteiger partial charge < -0.3 is 9.73 Å². The van der Waals surface area contributed by atoms with Crippen LogP contribution in [0.5, 0.6) is 0 Å². The maximum absolute atomic E-state index is 6.33. The van der Waals surface area contributed by atoms with Crippen molar-refractivity contribution < 1.29 is 4.42 Å². The average Bonchev–Trinajstić information content (AvgIpc) is 2.87. The first-order valence-electron chi connectivity index (χ1n) is 6.64. The Balaban J connectivity index is 1.90. The van der Waals surface area contributed by atoms with E-state index < -0.39 is 0 Å². The van der Waals surface area contributed by atoms with Crippen molar-refractivity contribution in [1.82, 2.24) is 10.3 Å². The van der Waals surface area contributed by atoms with Crippen LogP contribution in [0.4, 0.5) is 0 Å². The quantitative estimate of drug-likeness (QED) is 0.725. The fourth-order valence-electron chi connectivity index (χ4n) is 2.33. The second kappa shape index (κ2) is 6.18. The van der Waals surface area contributed by atoms with Gasteiger partial charge in [0.25, 0.3) is 0 Å². The molecule has 0 saturated heterocycles. The highest BCUT2D eigenvalue weighted by Crippen LogP contribution is 2.29. The van der Waals surface area contributed by atoms with Gasteiger partial charge in [-0.1, -0.05) is 45.7 Å². The molecule has 21 heavy (non-hydrogen) atoms. The molecule has 3 aromatic rings. The number of fused-ring (bicyclic) bond motifs is 1. The number of halogens is 2. The van der Waals surface area contributed by atoms with Crippen molar-refractivity contribution in [3.05, 3.63) is 63.4 Å². The lowest BCUT2D eigenvalue weighted by Gasteiger charge is -2.16. The Hall–Kier alpha value is -1.36. The highest BCUT2D eigenvalue weighted by molar-refractivity contribution is 9.10. The molecule has 3 rings (SSSR count). The Bertz CT molecular complexity index is 739. The van der Waals surface area contributed by atoms with Crippen molar-refractivity contribution in [2.75, 3.05) is 7.05 Å². The number of nitrogens with one attached hydrogen (secondary N) is 1. The Morgan fingerprint density at radius 1 is 1.29 bits per heavy atom. The number of para-hydroxylation sites is 2. The van der Waals surface area contributed by atoms with E-state index in [9.17, 15) is 0 Å². The largest absolute Gasteiger partial charge is 0.441 e. The van der Waals surface area contributed by atoms with E-state index in [4.69, 9.17) is 16.0 Å². The summed E-state index contributed by atoms with van der Waals surface area (Å²) in [4.78, 5) is 4.51. The molecule has 5 heteroatoms. The third-order valence-corrected chi connectivity index (χ3v) is 4.22. The first-order valence-corrected chi connectivity index (χ1v) is 7.81. The lowest BCUT2D eigenvalue weighted by Crippen LogP contribution is -2.19. The number of benzene rings is 2. The number of rotatable bonds is 4.